The van der Waals surface area contributed by atoms with Crippen LogP contribution in [0.15, 0.2) is 12.7 Å². The summed E-state index contributed by atoms with van der Waals surface area (Å²) in [7, 11) is 0. The summed E-state index contributed by atoms with van der Waals surface area (Å²) in [5, 5.41) is 3.27. The van der Waals surface area contributed by atoms with E-state index in [0.717, 1.165) is 25.9 Å². The fourth-order valence-electron chi connectivity index (χ4n) is 1.73. The maximum absolute atomic E-state index is 12.0. The Morgan fingerprint density at radius 2 is 2.29 bits per heavy atom. The highest BCUT2D eigenvalue weighted by Crippen LogP contribution is 2.12. The van der Waals surface area contributed by atoms with Gasteiger partial charge in [-0.25, -0.2) is 0 Å². The summed E-state index contributed by atoms with van der Waals surface area (Å²) in [5.74, 6) is 0.178. The highest BCUT2D eigenvalue weighted by molar-refractivity contribution is 5.85. The van der Waals surface area contributed by atoms with E-state index in [1.54, 1.807) is 6.08 Å². The highest BCUT2D eigenvalue weighted by Gasteiger charge is 2.31. The van der Waals surface area contributed by atoms with Crippen LogP contribution in [0.3, 0.4) is 0 Å². The van der Waals surface area contributed by atoms with E-state index in [4.69, 9.17) is 0 Å². The van der Waals surface area contributed by atoms with Crippen molar-refractivity contribution in [2.24, 2.45) is 0 Å². The number of rotatable bonds is 2. The lowest BCUT2D eigenvalue weighted by Crippen LogP contribution is -2.55. The highest BCUT2D eigenvalue weighted by atomic mass is 16.2. The molecule has 1 aliphatic heterocycles. The Morgan fingerprint density at radius 1 is 1.57 bits per heavy atom. The summed E-state index contributed by atoms with van der Waals surface area (Å²) in [6.07, 6.45) is 3.99. The first-order valence-corrected chi connectivity index (χ1v) is 5.23. The van der Waals surface area contributed by atoms with E-state index in [-0.39, 0.29) is 5.91 Å². The van der Waals surface area contributed by atoms with Gasteiger partial charge in [-0.2, -0.15) is 0 Å². The number of hydrogen-bond acceptors (Lipinski definition) is 2. The van der Waals surface area contributed by atoms with E-state index in [0.29, 0.717) is 6.54 Å². The van der Waals surface area contributed by atoms with Crippen molar-refractivity contribution in [2.75, 3.05) is 19.6 Å². The van der Waals surface area contributed by atoms with Gasteiger partial charge in [0.15, 0.2) is 0 Å². The fourth-order valence-corrected chi connectivity index (χ4v) is 1.73. The average Bonchev–Trinajstić information content (AvgIpc) is 2.13. The molecule has 0 radical (unpaired) electrons. The Bertz CT molecular complexity index is 223. The van der Waals surface area contributed by atoms with Gasteiger partial charge in [0, 0.05) is 13.1 Å². The van der Waals surface area contributed by atoms with Gasteiger partial charge in [-0.3, -0.25) is 4.79 Å². The molecule has 1 heterocycles. The molecule has 0 aromatic heterocycles. The third-order valence-corrected chi connectivity index (χ3v) is 2.59. The van der Waals surface area contributed by atoms with Crippen LogP contribution in [0.4, 0.5) is 0 Å². The van der Waals surface area contributed by atoms with E-state index in [2.05, 4.69) is 11.9 Å². The number of nitrogens with one attached hydrogen (secondary N) is 1. The van der Waals surface area contributed by atoms with Gasteiger partial charge in [-0.05, 0) is 33.2 Å². The maximum atomic E-state index is 12.0. The third-order valence-electron chi connectivity index (χ3n) is 2.59. The topological polar surface area (TPSA) is 32.3 Å². The molecule has 1 N–H and O–H groups in total. The monoisotopic (exact) mass is 196 g/mol. The molecule has 0 unspecified atom stereocenters. The van der Waals surface area contributed by atoms with Crippen LogP contribution in [0.2, 0.25) is 0 Å². The zero-order chi connectivity index (χ0) is 10.6. The summed E-state index contributed by atoms with van der Waals surface area (Å²) in [6, 6.07) is 0. The lowest BCUT2D eigenvalue weighted by molar-refractivity contribution is -0.137. The Labute approximate surface area is 86.2 Å². The molecular weight excluding hydrogens is 176 g/mol. The normalized spacial score (nSPS) is 22.7. The molecule has 3 heteroatoms. The zero-order valence-electron chi connectivity index (χ0n) is 9.18. The molecule has 0 bridgehead atoms. The van der Waals surface area contributed by atoms with Crippen LogP contribution in [0, 0.1) is 0 Å². The average molecular weight is 196 g/mol. The van der Waals surface area contributed by atoms with Gasteiger partial charge < -0.3 is 10.2 Å². The van der Waals surface area contributed by atoms with Crippen LogP contribution in [-0.4, -0.2) is 36.0 Å². The van der Waals surface area contributed by atoms with Gasteiger partial charge in [0.25, 0.3) is 0 Å². The first-order chi connectivity index (χ1) is 6.58. The molecule has 1 aliphatic rings. The number of hydrogen-bond donors (Lipinski definition) is 1. The van der Waals surface area contributed by atoms with Crippen molar-refractivity contribution >= 4 is 5.91 Å². The molecule has 14 heavy (non-hydrogen) atoms. The summed E-state index contributed by atoms with van der Waals surface area (Å²) in [6.45, 7) is 10.0. The maximum Gasteiger partial charge on any atom is 0.242 e. The molecule has 3 nitrogen and oxygen atoms in total. The summed E-state index contributed by atoms with van der Waals surface area (Å²) < 4.78 is 0. The molecule has 0 spiro atoms. The SMILES string of the molecule is C=CCN1CCCCNC(C)(C)C1=O. The van der Waals surface area contributed by atoms with Crippen molar-refractivity contribution < 1.29 is 4.79 Å². The zero-order valence-corrected chi connectivity index (χ0v) is 9.18. The van der Waals surface area contributed by atoms with Crippen LogP contribution in [0.5, 0.6) is 0 Å². The van der Waals surface area contributed by atoms with Crippen LogP contribution < -0.4 is 5.32 Å². The molecule has 0 aromatic rings. The summed E-state index contributed by atoms with van der Waals surface area (Å²) in [4.78, 5) is 13.9. The number of carbonyl (C=O) groups excluding carboxylic acids is 1. The van der Waals surface area contributed by atoms with Crippen molar-refractivity contribution in [3.05, 3.63) is 12.7 Å². The van der Waals surface area contributed by atoms with Gasteiger partial charge in [0.1, 0.15) is 0 Å². The van der Waals surface area contributed by atoms with Crippen molar-refractivity contribution in [1.29, 1.82) is 0 Å². The van der Waals surface area contributed by atoms with Crippen LogP contribution in [0.25, 0.3) is 0 Å². The van der Waals surface area contributed by atoms with Gasteiger partial charge in [0.2, 0.25) is 5.91 Å². The van der Waals surface area contributed by atoms with Gasteiger partial charge >= 0.3 is 0 Å². The largest absolute Gasteiger partial charge is 0.337 e. The van der Waals surface area contributed by atoms with Crippen LogP contribution >= 0.6 is 0 Å². The summed E-state index contributed by atoms with van der Waals surface area (Å²) >= 11 is 0. The van der Waals surface area contributed by atoms with Gasteiger partial charge in [0.05, 0.1) is 5.54 Å². The minimum absolute atomic E-state index is 0.178. The van der Waals surface area contributed by atoms with Gasteiger partial charge in [-0.15, -0.1) is 6.58 Å². The molecular formula is C11H20N2O. The van der Waals surface area contributed by atoms with E-state index < -0.39 is 5.54 Å². The van der Waals surface area contributed by atoms with E-state index in [9.17, 15) is 4.79 Å². The van der Waals surface area contributed by atoms with E-state index >= 15 is 0 Å². The molecule has 1 amide bonds. The number of carbonyl (C=O) groups is 1. The third kappa shape index (κ3) is 2.58. The molecule has 0 atom stereocenters. The van der Waals surface area contributed by atoms with Crippen molar-refractivity contribution in [3.63, 3.8) is 0 Å². The Balaban J connectivity index is 2.72. The van der Waals surface area contributed by atoms with Crippen molar-refractivity contribution in [3.8, 4) is 0 Å². The molecule has 1 saturated heterocycles. The quantitative estimate of drug-likeness (QED) is 0.672. The number of nitrogens with zero attached hydrogens (tertiary/aromatic N) is 1. The molecule has 1 rings (SSSR count). The molecule has 0 saturated carbocycles. The molecule has 0 aliphatic carbocycles. The van der Waals surface area contributed by atoms with Crippen LogP contribution in [0.1, 0.15) is 26.7 Å². The fraction of sp³-hybridized carbons (Fsp3) is 0.727. The predicted molar refractivity (Wildman–Crippen MR) is 58.1 cm³/mol. The predicted octanol–water partition coefficient (Wildman–Crippen LogP) is 1.16. The minimum atomic E-state index is -0.427. The second-order valence-corrected chi connectivity index (χ2v) is 4.30. The van der Waals surface area contributed by atoms with Crippen molar-refractivity contribution in [1.82, 2.24) is 10.2 Å². The van der Waals surface area contributed by atoms with Crippen LogP contribution in [-0.2, 0) is 4.79 Å². The summed E-state index contributed by atoms with van der Waals surface area (Å²) in [5.41, 5.74) is -0.427. The Hall–Kier alpha value is -0.830. The second-order valence-electron chi connectivity index (χ2n) is 4.30. The van der Waals surface area contributed by atoms with E-state index in [1.165, 1.54) is 0 Å². The first kappa shape index (κ1) is 11.2. The molecule has 80 valence electrons. The molecule has 1 fully saturated rings. The number of amides is 1. The van der Waals surface area contributed by atoms with Crippen molar-refractivity contribution in [2.45, 2.75) is 32.2 Å². The second kappa shape index (κ2) is 4.60. The minimum Gasteiger partial charge on any atom is -0.337 e. The lowest BCUT2D eigenvalue weighted by Gasteiger charge is -2.34. The first-order valence-electron chi connectivity index (χ1n) is 5.23. The van der Waals surface area contributed by atoms with E-state index in [1.807, 2.05) is 18.7 Å². The molecule has 0 aromatic carbocycles. The van der Waals surface area contributed by atoms with Gasteiger partial charge in [-0.1, -0.05) is 6.08 Å². The Kier molecular flexibility index (Phi) is 3.69. The lowest BCUT2D eigenvalue weighted by atomic mass is 10.0. The smallest absolute Gasteiger partial charge is 0.242 e. The standard InChI is InChI=1S/C11H20N2O/c1-4-8-13-9-6-5-7-12-11(2,3)10(13)14/h4,12H,1,5-9H2,2-3H3. The Morgan fingerprint density at radius 3 is 2.93 bits per heavy atom.